The van der Waals surface area contributed by atoms with Crippen LogP contribution in [0.3, 0.4) is 0 Å². The van der Waals surface area contributed by atoms with Crippen LogP contribution < -0.4 is 11.1 Å². The Hall–Kier alpha value is -0.0800. The molecule has 2 nitrogen and oxygen atoms in total. The number of hydrogen-bond donors (Lipinski definition) is 2. The highest BCUT2D eigenvalue weighted by atomic mass is 14.9. The van der Waals surface area contributed by atoms with Crippen molar-refractivity contribution < 1.29 is 0 Å². The Morgan fingerprint density at radius 3 is 2.15 bits per heavy atom. The topological polar surface area (TPSA) is 38.0 Å². The Morgan fingerprint density at radius 1 is 1.15 bits per heavy atom. The van der Waals surface area contributed by atoms with Gasteiger partial charge >= 0.3 is 0 Å². The first-order chi connectivity index (χ1) is 6.35. The van der Waals surface area contributed by atoms with E-state index >= 15 is 0 Å². The third-order valence-electron chi connectivity index (χ3n) is 2.29. The highest BCUT2D eigenvalue weighted by Gasteiger charge is 2.10. The van der Waals surface area contributed by atoms with Gasteiger partial charge in [-0.25, -0.2) is 0 Å². The number of hydrogen-bond acceptors (Lipinski definition) is 2. The minimum atomic E-state index is 0.750. The summed E-state index contributed by atoms with van der Waals surface area (Å²) in [5.74, 6) is 0. The zero-order valence-electron chi connectivity index (χ0n) is 9.31. The van der Waals surface area contributed by atoms with Gasteiger partial charge in [-0.15, -0.1) is 0 Å². The van der Waals surface area contributed by atoms with Gasteiger partial charge in [0.25, 0.3) is 0 Å². The quantitative estimate of drug-likeness (QED) is 0.709. The Morgan fingerprint density at radius 2 is 1.69 bits per heavy atom. The summed E-state index contributed by atoms with van der Waals surface area (Å²) in [5, 5.41) is 3.57. The van der Waals surface area contributed by atoms with Crippen LogP contribution in [0.5, 0.6) is 0 Å². The SMILES string of the molecule is CCCNC1CCCCC1.CCN. The molecule has 0 aromatic heterocycles. The average molecular weight is 186 g/mol. The van der Waals surface area contributed by atoms with Gasteiger partial charge in [-0.1, -0.05) is 33.1 Å². The molecule has 1 fully saturated rings. The molecule has 2 heteroatoms. The summed E-state index contributed by atoms with van der Waals surface area (Å²) in [4.78, 5) is 0. The molecule has 3 N–H and O–H groups in total. The second kappa shape index (κ2) is 10.0. The minimum absolute atomic E-state index is 0.750. The predicted octanol–water partition coefficient (Wildman–Crippen LogP) is 2.28. The van der Waals surface area contributed by atoms with Crippen molar-refractivity contribution in [3.8, 4) is 0 Å². The molecule has 0 aromatic carbocycles. The smallest absolute Gasteiger partial charge is 0.00670 e. The van der Waals surface area contributed by atoms with Gasteiger partial charge < -0.3 is 11.1 Å². The molecule has 0 amide bonds. The summed E-state index contributed by atoms with van der Waals surface area (Å²) in [6.07, 6.45) is 8.46. The van der Waals surface area contributed by atoms with E-state index in [0.717, 1.165) is 12.6 Å². The van der Waals surface area contributed by atoms with Gasteiger partial charge in [-0.05, 0) is 32.4 Å². The van der Waals surface area contributed by atoms with E-state index in [9.17, 15) is 0 Å². The maximum atomic E-state index is 4.85. The molecule has 0 aliphatic heterocycles. The van der Waals surface area contributed by atoms with Crippen LogP contribution in [0.1, 0.15) is 52.4 Å². The lowest BCUT2D eigenvalue weighted by atomic mass is 9.95. The van der Waals surface area contributed by atoms with Gasteiger partial charge in [0.15, 0.2) is 0 Å². The summed E-state index contributed by atoms with van der Waals surface area (Å²) < 4.78 is 0. The molecule has 0 aromatic rings. The van der Waals surface area contributed by atoms with Gasteiger partial charge in [0.2, 0.25) is 0 Å². The molecule has 0 saturated heterocycles. The first-order valence-electron chi connectivity index (χ1n) is 5.78. The molecule has 0 atom stereocenters. The monoisotopic (exact) mass is 186 g/mol. The van der Waals surface area contributed by atoms with E-state index in [1.54, 1.807) is 0 Å². The first-order valence-corrected chi connectivity index (χ1v) is 5.78. The second-order valence-electron chi connectivity index (χ2n) is 3.70. The summed E-state index contributed by atoms with van der Waals surface area (Å²) in [5.41, 5.74) is 4.85. The molecule has 1 aliphatic rings. The van der Waals surface area contributed by atoms with Crippen LogP contribution in [0.4, 0.5) is 0 Å². The van der Waals surface area contributed by atoms with Gasteiger partial charge in [0.1, 0.15) is 0 Å². The van der Waals surface area contributed by atoms with Crippen molar-refractivity contribution in [2.24, 2.45) is 5.73 Å². The molecule has 0 radical (unpaired) electrons. The van der Waals surface area contributed by atoms with E-state index in [1.807, 2.05) is 6.92 Å². The molecule has 0 unspecified atom stereocenters. The molecular weight excluding hydrogens is 160 g/mol. The lowest BCUT2D eigenvalue weighted by Gasteiger charge is -2.22. The molecule has 13 heavy (non-hydrogen) atoms. The van der Waals surface area contributed by atoms with Gasteiger partial charge in [0.05, 0.1) is 0 Å². The molecule has 0 spiro atoms. The maximum Gasteiger partial charge on any atom is 0.00670 e. The largest absolute Gasteiger partial charge is 0.331 e. The standard InChI is InChI=1S/C9H19N.C2H7N/c1-2-8-10-9-6-4-3-5-7-9;1-2-3/h9-10H,2-8H2,1H3;2-3H2,1H3. The Balaban J connectivity index is 0.000000424. The van der Waals surface area contributed by atoms with E-state index in [-0.39, 0.29) is 0 Å². The Labute approximate surface area is 83.3 Å². The fraction of sp³-hybridized carbons (Fsp3) is 1.00. The van der Waals surface area contributed by atoms with Crippen LogP contribution in [0, 0.1) is 0 Å². The molecule has 1 saturated carbocycles. The third kappa shape index (κ3) is 8.26. The van der Waals surface area contributed by atoms with Crippen molar-refractivity contribution in [1.82, 2.24) is 5.32 Å². The lowest BCUT2D eigenvalue weighted by Crippen LogP contribution is -2.31. The van der Waals surface area contributed by atoms with E-state index in [1.165, 1.54) is 45.1 Å². The van der Waals surface area contributed by atoms with Gasteiger partial charge in [-0.3, -0.25) is 0 Å². The van der Waals surface area contributed by atoms with Crippen LogP contribution in [0.15, 0.2) is 0 Å². The number of rotatable bonds is 3. The van der Waals surface area contributed by atoms with Crippen LogP contribution in [0.25, 0.3) is 0 Å². The molecular formula is C11H26N2. The van der Waals surface area contributed by atoms with Crippen LogP contribution in [-0.2, 0) is 0 Å². The fourth-order valence-electron chi connectivity index (χ4n) is 1.66. The fourth-order valence-corrected chi connectivity index (χ4v) is 1.66. The maximum absolute atomic E-state index is 4.85. The van der Waals surface area contributed by atoms with Crippen LogP contribution in [-0.4, -0.2) is 19.1 Å². The highest BCUT2D eigenvalue weighted by molar-refractivity contribution is 4.70. The minimum Gasteiger partial charge on any atom is -0.331 e. The normalized spacial score (nSPS) is 17.8. The number of nitrogens with one attached hydrogen (secondary N) is 1. The number of nitrogens with two attached hydrogens (primary N) is 1. The Bertz CT molecular complexity index is 88.1. The van der Waals surface area contributed by atoms with Crippen LogP contribution in [0.2, 0.25) is 0 Å². The molecule has 1 rings (SSSR count). The molecule has 0 bridgehead atoms. The predicted molar refractivity (Wildman–Crippen MR) is 59.9 cm³/mol. The molecule has 0 heterocycles. The highest BCUT2D eigenvalue weighted by Crippen LogP contribution is 2.16. The van der Waals surface area contributed by atoms with E-state index in [2.05, 4.69) is 12.2 Å². The van der Waals surface area contributed by atoms with Crippen molar-refractivity contribution in [3.63, 3.8) is 0 Å². The van der Waals surface area contributed by atoms with Crippen molar-refractivity contribution in [3.05, 3.63) is 0 Å². The van der Waals surface area contributed by atoms with Crippen molar-refractivity contribution in [2.75, 3.05) is 13.1 Å². The van der Waals surface area contributed by atoms with Crippen molar-refractivity contribution in [2.45, 2.75) is 58.4 Å². The van der Waals surface area contributed by atoms with E-state index in [4.69, 9.17) is 5.73 Å². The lowest BCUT2D eigenvalue weighted by molar-refractivity contribution is 0.374. The van der Waals surface area contributed by atoms with Crippen LogP contribution >= 0.6 is 0 Å². The van der Waals surface area contributed by atoms with Crippen molar-refractivity contribution in [1.29, 1.82) is 0 Å². The zero-order chi connectivity index (χ0) is 9.94. The molecule has 1 aliphatic carbocycles. The summed E-state index contributed by atoms with van der Waals surface area (Å²) in [7, 11) is 0. The summed E-state index contributed by atoms with van der Waals surface area (Å²) in [6.45, 7) is 6.10. The second-order valence-corrected chi connectivity index (χ2v) is 3.70. The first kappa shape index (κ1) is 12.9. The summed E-state index contributed by atoms with van der Waals surface area (Å²) in [6, 6.07) is 0.855. The summed E-state index contributed by atoms with van der Waals surface area (Å²) >= 11 is 0. The molecule has 80 valence electrons. The van der Waals surface area contributed by atoms with Gasteiger partial charge in [-0.2, -0.15) is 0 Å². The van der Waals surface area contributed by atoms with E-state index in [0.29, 0.717) is 0 Å². The van der Waals surface area contributed by atoms with Crippen molar-refractivity contribution >= 4 is 0 Å². The third-order valence-corrected chi connectivity index (χ3v) is 2.29. The Kier molecular flexibility index (Phi) is 9.94. The average Bonchev–Trinajstić information content (AvgIpc) is 2.18. The zero-order valence-corrected chi connectivity index (χ0v) is 9.31. The van der Waals surface area contributed by atoms with Gasteiger partial charge in [0, 0.05) is 6.04 Å². The van der Waals surface area contributed by atoms with E-state index < -0.39 is 0 Å².